The lowest BCUT2D eigenvalue weighted by Crippen LogP contribution is -2.09. The van der Waals surface area contributed by atoms with E-state index in [0.29, 0.717) is 22.6 Å². The van der Waals surface area contributed by atoms with Crippen molar-refractivity contribution in [1.29, 1.82) is 0 Å². The van der Waals surface area contributed by atoms with Crippen molar-refractivity contribution >= 4 is 41.6 Å². The van der Waals surface area contributed by atoms with Gasteiger partial charge in [-0.25, -0.2) is 13.2 Å². The highest BCUT2D eigenvalue weighted by Crippen LogP contribution is 2.28. The van der Waals surface area contributed by atoms with Gasteiger partial charge in [-0.15, -0.1) is 0 Å². The van der Waals surface area contributed by atoms with Crippen molar-refractivity contribution in [2.24, 2.45) is 5.92 Å². The molecule has 0 N–H and O–H groups in total. The molecule has 0 saturated carbocycles. The fourth-order valence-corrected chi connectivity index (χ4v) is 3.58. The first kappa shape index (κ1) is 18.5. The van der Waals surface area contributed by atoms with Crippen molar-refractivity contribution in [3.05, 3.63) is 27.7 Å². The van der Waals surface area contributed by atoms with E-state index in [-0.39, 0.29) is 10.5 Å². The zero-order valence-electron chi connectivity index (χ0n) is 12.2. The number of benzene rings is 1. The van der Waals surface area contributed by atoms with Gasteiger partial charge >= 0.3 is 5.97 Å². The Morgan fingerprint density at radius 1 is 1.38 bits per heavy atom. The van der Waals surface area contributed by atoms with E-state index in [1.54, 1.807) is 6.92 Å². The zero-order chi connectivity index (χ0) is 16.2. The number of carbonyl (C=O) groups excluding carboxylic acids is 1. The van der Waals surface area contributed by atoms with Gasteiger partial charge in [0.15, 0.2) is 0 Å². The molecule has 0 aromatic heterocycles. The van der Waals surface area contributed by atoms with Gasteiger partial charge in [-0.3, -0.25) is 0 Å². The maximum absolute atomic E-state index is 12.0. The molecule has 4 nitrogen and oxygen atoms in total. The first-order valence-electron chi connectivity index (χ1n) is 6.55. The first-order valence-corrected chi connectivity index (χ1v) is 9.65. The summed E-state index contributed by atoms with van der Waals surface area (Å²) in [5.41, 5.74) is 0.623. The average Bonchev–Trinajstić information content (AvgIpc) is 2.35. The summed E-state index contributed by atoms with van der Waals surface area (Å²) < 4.78 is 28.7. The molecule has 1 rings (SSSR count). The van der Waals surface area contributed by atoms with Crippen LogP contribution in [0, 0.1) is 12.8 Å². The molecule has 7 heteroatoms. The molecule has 0 amide bonds. The van der Waals surface area contributed by atoms with Gasteiger partial charge in [-0.1, -0.05) is 29.8 Å². The Morgan fingerprint density at radius 2 is 2.00 bits per heavy atom. The maximum atomic E-state index is 12.0. The van der Waals surface area contributed by atoms with Gasteiger partial charge in [0.1, 0.15) is 0 Å². The van der Waals surface area contributed by atoms with Crippen LogP contribution in [0.5, 0.6) is 0 Å². The van der Waals surface area contributed by atoms with Crippen molar-refractivity contribution < 1.29 is 17.9 Å². The fraction of sp³-hybridized carbons (Fsp3) is 0.500. The van der Waals surface area contributed by atoms with E-state index in [2.05, 4.69) is 29.8 Å². The summed E-state index contributed by atoms with van der Waals surface area (Å²) in [5, 5.41) is 0. The molecule has 0 aliphatic carbocycles. The molecule has 0 radical (unpaired) electrons. The third-order valence-electron chi connectivity index (χ3n) is 2.95. The van der Waals surface area contributed by atoms with Crippen molar-refractivity contribution in [2.75, 3.05) is 6.61 Å². The van der Waals surface area contributed by atoms with Gasteiger partial charge in [0, 0.05) is 15.2 Å². The number of halogens is 2. The molecule has 118 valence electrons. The minimum atomic E-state index is -3.91. The van der Waals surface area contributed by atoms with E-state index in [9.17, 15) is 13.2 Å². The summed E-state index contributed by atoms with van der Waals surface area (Å²) in [6, 6.07) is 2.78. The lowest BCUT2D eigenvalue weighted by molar-refractivity contribution is 0.0494. The van der Waals surface area contributed by atoms with Crippen LogP contribution in [0.15, 0.2) is 21.5 Å². The second-order valence-electron chi connectivity index (χ2n) is 5.19. The molecule has 21 heavy (non-hydrogen) atoms. The smallest absolute Gasteiger partial charge is 0.338 e. The van der Waals surface area contributed by atoms with Crippen LogP contribution in [0.4, 0.5) is 0 Å². The summed E-state index contributed by atoms with van der Waals surface area (Å²) >= 11 is 3.23. The number of ether oxygens (including phenoxy) is 1. The quantitative estimate of drug-likeness (QED) is 0.408. The van der Waals surface area contributed by atoms with Crippen LogP contribution >= 0.6 is 26.6 Å². The highest BCUT2D eigenvalue weighted by Gasteiger charge is 2.19. The first-order chi connectivity index (χ1) is 9.62. The van der Waals surface area contributed by atoms with Gasteiger partial charge < -0.3 is 4.74 Å². The van der Waals surface area contributed by atoms with Gasteiger partial charge in [0.2, 0.25) is 0 Å². The molecule has 0 fully saturated rings. The van der Waals surface area contributed by atoms with E-state index < -0.39 is 15.0 Å². The lowest BCUT2D eigenvalue weighted by Gasteiger charge is -2.10. The van der Waals surface area contributed by atoms with Crippen LogP contribution in [0.25, 0.3) is 0 Å². The Kier molecular flexibility index (Phi) is 6.69. The van der Waals surface area contributed by atoms with E-state index in [1.807, 2.05) is 0 Å². The normalized spacial score (nSPS) is 11.7. The van der Waals surface area contributed by atoms with E-state index in [4.69, 9.17) is 15.4 Å². The van der Waals surface area contributed by atoms with Gasteiger partial charge in [0.05, 0.1) is 17.1 Å². The van der Waals surface area contributed by atoms with Crippen LogP contribution in [-0.2, 0) is 13.8 Å². The summed E-state index contributed by atoms with van der Waals surface area (Å²) in [4.78, 5) is 11.9. The second-order valence-corrected chi connectivity index (χ2v) is 8.58. The minimum Gasteiger partial charge on any atom is -0.462 e. The van der Waals surface area contributed by atoms with Crippen molar-refractivity contribution in [3.8, 4) is 0 Å². The third kappa shape index (κ3) is 5.60. The Bertz CT molecular complexity index is 626. The number of esters is 1. The van der Waals surface area contributed by atoms with Crippen LogP contribution in [-0.4, -0.2) is 21.0 Å². The van der Waals surface area contributed by atoms with Crippen LogP contribution in [0.1, 0.15) is 42.6 Å². The summed E-state index contributed by atoms with van der Waals surface area (Å²) in [6.07, 6.45) is 1.74. The molecule has 0 atom stereocenters. The Hall–Kier alpha value is -0.590. The zero-order valence-corrected chi connectivity index (χ0v) is 15.3. The van der Waals surface area contributed by atoms with Crippen molar-refractivity contribution in [1.82, 2.24) is 0 Å². The fourth-order valence-electron chi connectivity index (χ4n) is 1.76. The average molecular weight is 398 g/mol. The standard InChI is InChI=1S/C14H18BrClO4S/c1-9(2)5-4-6-20-14(17)11-7-12(15)10(3)13(8-11)21(16,18)19/h7-9H,4-6H2,1-3H3. The van der Waals surface area contributed by atoms with Gasteiger partial charge in [0.25, 0.3) is 9.05 Å². The van der Waals surface area contributed by atoms with Crippen molar-refractivity contribution in [2.45, 2.75) is 38.5 Å². The highest BCUT2D eigenvalue weighted by molar-refractivity contribution is 9.10. The van der Waals surface area contributed by atoms with Gasteiger partial charge in [-0.2, -0.15) is 0 Å². The molecule has 0 saturated heterocycles. The van der Waals surface area contributed by atoms with E-state index >= 15 is 0 Å². The molecule has 0 aliphatic heterocycles. The molecule has 1 aromatic rings. The third-order valence-corrected chi connectivity index (χ3v) is 5.23. The molecule has 0 spiro atoms. The summed E-state index contributed by atoms with van der Waals surface area (Å²) in [7, 11) is 1.46. The molecule has 0 aliphatic rings. The van der Waals surface area contributed by atoms with Crippen LogP contribution in [0.2, 0.25) is 0 Å². The number of rotatable bonds is 6. The second kappa shape index (κ2) is 7.61. The lowest BCUT2D eigenvalue weighted by atomic mass is 10.1. The number of hydrogen-bond donors (Lipinski definition) is 0. The number of carbonyl (C=O) groups is 1. The van der Waals surface area contributed by atoms with E-state index in [1.165, 1.54) is 12.1 Å². The monoisotopic (exact) mass is 396 g/mol. The Balaban J connectivity index is 2.89. The largest absolute Gasteiger partial charge is 0.462 e. The molecule has 1 aromatic carbocycles. The maximum Gasteiger partial charge on any atom is 0.338 e. The molecule has 0 heterocycles. The Labute approximate surface area is 138 Å². The predicted molar refractivity (Wildman–Crippen MR) is 86.3 cm³/mol. The van der Waals surface area contributed by atoms with E-state index in [0.717, 1.165) is 12.8 Å². The molecule has 0 bridgehead atoms. The topological polar surface area (TPSA) is 60.4 Å². The Morgan fingerprint density at radius 3 is 2.52 bits per heavy atom. The van der Waals surface area contributed by atoms with Crippen molar-refractivity contribution in [3.63, 3.8) is 0 Å². The molecular formula is C14H18BrClO4S. The molecular weight excluding hydrogens is 380 g/mol. The molecule has 0 unspecified atom stereocenters. The summed E-state index contributed by atoms with van der Waals surface area (Å²) in [6.45, 7) is 6.11. The SMILES string of the molecule is Cc1c(Br)cc(C(=O)OCCCC(C)C)cc1S(=O)(=O)Cl. The minimum absolute atomic E-state index is 0.0901. The summed E-state index contributed by atoms with van der Waals surface area (Å²) in [5.74, 6) is -0.00811. The predicted octanol–water partition coefficient (Wildman–Crippen LogP) is 4.28. The number of hydrogen-bond acceptors (Lipinski definition) is 4. The van der Waals surface area contributed by atoms with Crippen LogP contribution in [0.3, 0.4) is 0 Å². The van der Waals surface area contributed by atoms with Gasteiger partial charge in [-0.05, 0) is 43.4 Å². The highest BCUT2D eigenvalue weighted by atomic mass is 79.9. The van der Waals surface area contributed by atoms with Crippen LogP contribution < -0.4 is 0 Å².